The Balaban J connectivity index is 1.07. The highest BCUT2D eigenvalue weighted by Crippen LogP contribution is 2.51. The molecule has 0 atom stereocenters. The van der Waals surface area contributed by atoms with Gasteiger partial charge in [0.15, 0.2) is 0 Å². The first kappa shape index (κ1) is 34.8. The lowest BCUT2D eigenvalue weighted by atomic mass is 9.82. The molecule has 0 saturated heterocycles. The molecule has 0 saturated carbocycles. The van der Waals surface area contributed by atoms with Crippen molar-refractivity contribution in [2.45, 2.75) is 45.4 Å². The van der Waals surface area contributed by atoms with Gasteiger partial charge in [-0.25, -0.2) is 0 Å². The summed E-state index contributed by atoms with van der Waals surface area (Å²) in [4.78, 5) is 2.47. The van der Waals surface area contributed by atoms with Gasteiger partial charge in [-0.2, -0.15) is 0 Å². The predicted octanol–water partition coefficient (Wildman–Crippen LogP) is 15.7. The molecule has 1 aromatic heterocycles. The van der Waals surface area contributed by atoms with Gasteiger partial charge in [0.1, 0.15) is 11.2 Å². The molecule has 8 aromatic carbocycles. The minimum absolute atomic E-state index is 0.105. The van der Waals surface area contributed by atoms with Gasteiger partial charge >= 0.3 is 0 Å². The Hall–Kier alpha value is -6.64. The Labute approximate surface area is 335 Å². The van der Waals surface area contributed by atoms with Crippen LogP contribution in [0.5, 0.6) is 0 Å². The normalized spacial score (nSPS) is 13.1. The Morgan fingerprint density at radius 2 is 0.965 bits per heavy atom. The summed E-state index contributed by atoms with van der Waals surface area (Å²) in [5.41, 5.74) is 19.0. The van der Waals surface area contributed by atoms with E-state index in [9.17, 15) is 0 Å². The topological polar surface area (TPSA) is 16.4 Å². The Kier molecular flexibility index (Phi) is 8.09. The van der Waals surface area contributed by atoms with Gasteiger partial charge in [0.2, 0.25) is 0 Å². The molecule has 1 heterocycles. The SMILES string of the molecule is CC(C)(C)c1cc(-c2ccc(-c3ccc4oc5ccccc5c4c3)cc2)ccc1N(c1ccc(-c2ccccc2)cc1)c1ccc2c(c1)C(C)(C)c1ccccc1-2. The second kappa shape index (κ2) is 13.2. The Morgan fingerprint density at radius 1 is 0.421 bits per heavy atom. The lowest BCUT2D eigenvalue weighted by molar-refractivity contribution is 0.591. The van der Waals surface area contributed by atoms with E-state index in [0.717, 1.165) is 33.3 Å². The summed E-state index contributed by atoms with van der Waals surface area (Å²) in [7, 11) is 0. The van der Waals surface area contributed by atoms with Crippen LogP contribution in [0.15, 0.2) is 186 Å². The summed E-state index contributed by atoms with van der Waals surface area (Å²) < 4.78 is 6.10. The number of nitrogens with zero attached hydrogens (tertiary/aromatic N) is 1. The molecule has 1 aliphatic carbocycles. The van der Waals surface area contributed by atoms with Gasteiger partial charge in [-0.15, -0.1) is 0 Å². The first-order valence-electron chi connectivity index (χ1n) is 20.0. The van der Waals surface area contributed by atoms with Crippen molar-refractivity contribution in [3.05, 3.63) is 199 Å². The number of para-hydroxylation sites is 1. The van der Waals surface area contributed by atoms with E-state index in [1.807, 2.05) is 12.1 Å². The minimum atomic E-state index is -0.136. The lowest BCUT2D eigenvalue weighted by Crippen LogP contribution is -2.20. The average Bonchev–Trinajstić information content (AvgIpc) is 3.72. The first-order valence-corrected chi connectivity index (χ1v) is 20.0. The zero-order valence-electron chi connectivity index (χ0n) is 33.2. The number of rotatable bonds is 6. The smallest absolute Gasteiger partial charge is 0.135 e. The first-order chi connectivity index (χ1) is 27.6. The van der Waals surface area contributed by atoms with Gasteiger partial charge in [0, 0.05) is 33.2 Å². The molecule has 0 bridgehead atoms. The van der Waals surface area contributed by atoms with Crippen LogP contribution in [0.3, 0.4) is 0 Å². The van der Waals surface area contributed by atoms with Crippen LogP contribution in [0.1, 0.15) is 51.3 Å². The van der Waals surface area contributed by atoms with Crippen molar-refractivity contribution in [2.24, 2.45) is 0 Å². The van der Waals surface area contributed by atoms with Crippen LogP contribution in [-0.4, -0.2) is 0 Å². The van der Waals surface area contributed by atoms with Gasteiger partial charge in [-0.05, 0) is 121 Å². The molecule has 0 radical (unpaired) electrons. The van der Waals surface area contributed by atoms with Gasteiger partial charge in [-0.3, -0.25) is 0 Å². The van der Waals surface area contributed by atoms with Crippen molar-refractivity contribution in [3.63, 3.8) is 0 Å². The van der Waals surface area contributed by atoms with Crippen molar-refractivity contribution >= 4 is 39.0 Å². The summed E-state index contributed by atoms with van der Waals surface area (Å²) in [6.07, 6.45) is 0. The van der Waals surface area contributed by atoms with Crippen molar-refractivity contribution in [1.29, 1.82) is 0 Å². The maximum atomic E-state index is 6.10. The van der Waals surface area contributed by atoms with E-state index in [0.29, 0.717) is 0 Å². The average molecular weight is 736 g/mol. The third kappa shape index (κ3) is 5.95. The number of fused-ring (bicyclic) bond motifs is 6. The fraction of sp³-hybridized carbons (Fsp3) is 0.127. The van der Waals surface area contributed by atoms with Crippen LogP contribution in [0.25, 0.3) is 66.4 Å². The molecule has 9 aromatic rings. The molecule has 0 unspecified atom stereocenters. The largest absolute Gasteiger partial charge is 0.456 e. The van der Waals surface area contributed by atoms with Crippen molar-refractivity contribution in [2.75, 3.05) is 4.90 Å². The van der Waals surface area contributed by atoms with E-state index < -0.39 is 0 Å². The fourth-order valence-electron chi connectivity index (χ4n) is 8.96. The molecule has 57 heavy (non-hydrogen) atoms. The molecule has 276 valence electrons. The highest BCUT2D eigenvalue weighted by atomic mass is 16.3. The van der Waals surface area contributed by atoms with E-state index in [4.69, 9.17) is 4.42 Å². The van der Waals surface area contributed by atoms with Crippen LogP contribution >= 0.6 is 0 Å². The molecular formula is C55H45NO. The molecule has 0 fully saturated rings. The Morgan fingerprint density at radius 3 is 1.72 bits per heavy atom. The van der Waals surface area contributed by atoms with Gasteiger partial charge in [-0.1, -0.05) is 162 Å². The van der Waals surface area contributed by atoms with E-state index in [1.165, 1.54) is 66.9 Å². The number of benzene rings is 8. The second-order valence-electron chi connectivity index (χ2n) is 17.0. The van der Waals surface area contributed by atoms with E-state index in [2.05, 4.69) is 209 Å². The van der Waals surface area contributed by atoms with Gasteiger partial charge in [0.25, 0.3) is 0 Å². The summed E-state index contributed by atoms with van der Waals surface area (Å²) >= 11 is 0. The van der Waals surface area contributed by atoms with E-state index in [-0.39, 0.29) is 10.8 Å². The number of furan rings is 1. The lowest BCUT2D eigenvalue weighted by Gasteiger charge is -2.33. The summed E-state index contributed by atoms with van der Waals surface area (Å²) in [5, 5.41) is 2.30. The molecule has 2 nitrogen and oxygen atoms in total. The molecule has 0 spiro atoms. The minimum Gasteiger partial charge on any atom is -0.456 e. The fourth-order valence-corrected chi connectivity index (χ4v) is 8.96. The molecule has 0 N–H and O–H groups in total. The predicted molar refractivity (Wildman–Crippen MR) is 241 cm³/mol. The number of hydrogen-bond acceptors (Lipinski definition) is 2. The third-order valence-corrected chi connectivity index (χ3v) is 12.0. The van der Waals surface area contributed by atoms with E-state index >= 15 is 0 Å². The van der Waals surface area contributed by atoms with Crippen molar-refractivity contribution in [1.82, 2.24) is 0 Å². The summed E-state index contributed by atoms with van der Waals surface area (Å²) in [5.74, 6) is 0. The van der Waals surface area contributed by atoms with Gasteiger partial charge < -0.3 is 9.32 Å². The van der Waals surface area contributed by atoms with Crippen LogP contribution < -0.4 is 4.90 Å². The van der Waals surface area contributed by atoms with Crippen LogP contribution in [0.4, 0.5) is 17.1 Å². The third-order valence-electron chi connectivity index (χ3n) is 12.0. The maximum absolute atomic E-state index is 6.10. The van der Waals surface area contributed by atoms with Crippen molar-refractivity contribution in [3.8, 4) is 44.5 Å². The molecule has 0 amide bonds. The summed E-state index contributed by atoms with van der Waals surface area (Å²) in [6.45, 7) is 11.7. The van der Waals surface area contributed by atoms with E-state index in [1.54, 1.807) is 0 Å². The van der Waals surface area contributed by atoms with Crippen molar-refractivity contribution < 1.29 is 4.42 Å². The second-order valence-corrected chi connectivity index (χ2v) is 17.0. The Bertz CT molecular complexity index is 2940. The summed E-state index contributed by atoms with van der Waals surface area (Å²) in [6, 6.07) is 66.5. The molecule has 1 aliphatic rings. The molecule has 2 heteroatoms. The number of hydrogen-bond donors (Lipinski definition) is 0. The monoisotopic (exact) mass is 735 g/mol. The van der Waals surface area contributed by atoms with Crippen LogP contribution in [0.2, 0.25) is 0 Å². The zero-order valence-corrected chi connectivity index (χ0v) is 33.2. The highest BCUT2D eigenvalue weighted by Gasteiger charge is 2.36. The molecule has 0 aliphatic heterocycles. The van der Waals surface area contributed by atoms with Crippen LogP contribution in [-0.2, 0) is 10.8 Å². The van der Waals surface area contributed by atoms with Crippen LogP contribution in [0, 0.1) is 0 Å². The number of anilines is 3. The maximum Gasteiger partial charge on any atom is 0.135 e. The quantitative estimate of drug-likeness (QED) is 0.169. The van der Waals surface area contributed by atoms with Gasteiger partial charge in [0.05, 0.1) is 0 Å². The zero-order chi connectivity index (χ0) is 38.9. The molecular weight excluding hydrogens is 691 g/mol. The molecule has 10 rings (SSSR count). The highest BCUT2D eigenvalue weighted by molar-refractivity contribution is 6.06. The standard InChI is InChI=1S/C55H45NO/c1-54(2,3)50-34-41(39-21-19-38(20-22-39)40-26-32-53-47(33-40)46-16-10-12-18-52(46)57-53)25-31-51(50)56(42-27-23-37(24-28-42)36-13-7-6-8-14-36)43-29-30-45-44-15-9-11-17-48(44)55(4,5)49(45)35-43/h6-35H,1-5H3.